The lowest BCUT2D eigenvalue weighted by molar-refractivity contribution is 0.363. The summed E-state index contributed by atoms with van der Waals surface area (Å²) in [4.78, 5) is 0. The van der Waals surface area contributed by atoms with Gasteiger partial charge in [-0.3, -0.25) is 0 Å². The SMILES string of the molecule is C=CCc1ccc(O[Si](C)(C)O[SiH](C)C)c(OC)c1. The first-order valence-corrected chi connectivity index (χ1v) is 12.1. The van der Waals surface area contributed by atoms with Crippen LogP contribution in [-0.4, -0.2) is 24.7 Å². The highest BCUT2D eigenvalue weighted by molar-refractivity contribution is 6.73. The summed E-state index contributed by atoms with van der Waals surface area (Å²) in [7, 11) is -1.57. The molecule has 0 N–H and O–H groups in total. The van der Waals surface area contributed by atoms with Gasteiger partial charge in [-0.05, 0) is 50.3 Å². The fraction of sp³-hybridized carbons (Fsp3) is 0.429. The fourth-order valence-corrected chi connectivity index (χ4v) is 7.38. The van der Waals surface area contributed by atoms with E-state index >= 15 is 0 Å². The Bertz CT molecular complexity index is 431. The molecule has 0 heterocycles. The average Bonchev–Trinajstić information content (AvgIpc) is 2.29. The molecule has 0 saturated carbocycles. The van der Waals surface area contributed by atoms with Crippen molar-refractivity contribution in [3.8, 4) is 11.5 Å². The molecule has 0 fully saturated rings. The van der Waals surface area contributed by atoms with Gasteiger partial charge in [-0.15, -0.1) is 6.58 Å². The lowest BCUT2D eigenvalue weighted by Gasteiger charge is -2.27. The van der Waals surface area contributed by atoms with Crippen LogP contribution in [-0.2, 0) is 10.5 Å². The van der Waals surface area contributed by atoms with Crippen molar-refractivity contribution in [2.45, 2.75) is 32.6 Å². The minimum Gasteiger partial charge on any atom is -0.518 e. The van der Waals surface area contributed by atoms with E-state index in [0.29, 0.717) is 0 Å². The van der Waals surface area contributed by atoms with E-state index in [1.54, 1.807) is 7.11 Å². The molecule has 0 aliphatic carbocycles. The van der Waals surface area contributed by atoms with Gasteiger partial charge in [0, 0.05) is 0 Å². The summed E-state index contributed by atoms with van der Waals surface area (Å²) < 4.78 is 17.5. The maximum Gasteiger partial charge on any atom is 0.382 e. The zero-order chi connectivity index (χ0) is 14.5. The highest BCUT2D eigenvalue weighted by atomic mass is 28.4. The highest BCUT2D eigenvalue weighted by Gasteiger charge is 2.29. The van der Waals surface area contributed by atoms with Gasteiger partial charge in [-0.2, -0.15) is 0 Å². The second-order valence-corrected chi connectivity index (χ2v) is 11.2. The lowest BCUT2D eigenvalue weighted by Crippen LogP contribution is -2.42. The first kappa shape index (κ1) is 16.0. The molecule has 0 amide bonds. The van der Waals surface area contributed by atoms with E-state index in [1.807, 2.05) is 24.3 Å². The second-order valence-electron chi connectivity index (χ2n) is 5.15. The Morgan fingerprint density at radius 3 is 2.47 bits per heavy atom. The van der Waals surface area contributed by atoms with E-state index in [1.165, 1.54) is 0 Å². The Kier molecular flexibility index (Phi) is 5.84. The van der Waals surface area contributed by atoms with Crippen molar-refractivity contribution in [1.82, 2.24) is 0 Å². The third-order valence-electron chi connectivity index (χ3n) is 2.48. The van der Waals surface area contributed by atoms with Crippen LogP contribution < -0.4 is 9.16 Å². The molecule has 0 unspecified atom stereocenters. The average molecular weight is 297 g/mol. The molecule has 0 atom stereocenters. The van der Waals surface area contributed by atoms with Crippen LogP contribution in [0.2, 0.25) is 26.2 Å². The Morgan fingerprint density at radius 1 is 1.26 bits per heavy atom. The van der Waals surface area contributed by atoms with Crippen molar-refractivity contribution in [2.75, 3.05) is 7.11 Å². The molecular formula is C14H24O3Si2. The summed E-state index contributed by atoms with van der Waals surface area (Å²) in [5.41, 5.74) is 1.16. The number of rotatable bonds is 7. The van der Waals surface area contributed by atoms with Gasteiger partial charge in [0.15, 0.2) is 14.8 Å². The van der Waals surface area contributed by atoms with Gasteiger partial charge in [0.05, 0.1) is 7.11 Å². The number of benzene rings is 1. The first-order valence-electron chi connectivity index (χ1n) is 6.52. The molecule has 1 aromatic rings. The Hall–Kier alpha value is -1.05. The van der Waals surface area contributed by atoms with E-state index in [2.05, 4.69) is 32.8 Å². The molecule has 19 heavy (non-hydrogen) atoms. The molecule has 3 nitrogen and oxygen atoms in total. The predicted molar refractivity (Wildman–Crippen MR) is 85.0 cm³/mol. The van der Waals surface area contributed by atoms with E-state index in [-0.39, 0.29) is 0 Å². The maximum absolute atomic E-state index is 6.07. The van der Waals surface area contributed by atoms with Crippen molar-refractivity contribution in [3.05, 3.63) is 36.4 Å². The molecule has 0 aliphatic rings. The Labute approximate surface area is 119 Å². The van der Waals surface area contributed by atoms with Gasteiger partial charge < -0.3 is 13.3 Å². The zero-order valence-electron chi connectivity index (χ0n) is 12.5. The van der Waals surface area contributed by atoms with Gasteiger partial charge >= 0.3 is 8.56 Å². The van der Waals surface area contributed by atoms with E-state index in [9.17, 15) is 0 Å². The normalized spacial score (nSPS) is 11.5. The van der Waals surface area contributed by atoms with Crippen LogP contribution in [0.5, 0.6) is 11.5 Å². The molecule has 0 aromatic heterocycles. The minimum absolute atomic E-state index is 0.758. The standard InChI is InChI=1S/C14H24O3Si2/c1-7-8-12-9-10-13(14(11-12)15-2)16-19(5,6)17-18(3)4/h7,9-11,18H,1,8H2,2-6H3. The lowest BCUT2D eigenvalue weighted by atomic mass is 10.1. The molecule has 0 aliphatic heterocycles. The monoisotopic (exact) mass is 296 g/mol. The van der Waals surface area contributed by atoms with Gasteiger partial charge in [0.25, 0.3) is 0 Å². The van der Waals surface area contributed by atoms with Crippen molar-refractivity contribution in [1.29, 1.82) is 0 Å². The molecule has 1 rings (SSSR count). The highest BCUT2D eigenvalue weighted by Crippen LogP contribution is 2.30. The van der Waals surface area contributed by atoms with Crippen molar-refractivity contribution in [3.63, 3.8) is 0 Å². The van der Waals surface area contributed by atoms with Gasteiger partial charge in [0.2, 0.25) is 0 Å². The second kappa shape index (κ2) is 6.93. The third kappa shape index (κ3) is 5.22. The summed E-state index contributed by atoms with van der Waals surface area (Å²) in [6.07, 6.45) is 2.70. The molecule has 106 valence electrons. The van der Waals surface area contributed by atoms with Gasteiger partial charge in [-0.1, -0.05) is 12.1 Å². The summed E-state index contributed by atoms with van der Waals surface area (Å²) in [5.74, 6) is 1.52. The maximum atomic E-state index is 6.07. The van der Waals surface area contributed by atoms with Crippen LogP contribution in [0, 0.1) is 0 Å². The summed E-state index contributed by atoms with van der Waals surface area (Å²) >= 11 is 0. The van der Waals surface area contributed by atoms with E-state index < -0.39 is 17.6 Å². The largest absolute Gasteiger partial charge is 0.518 e. The Morgan fingerprint density at radius 2 is 1.95 bits per heavy atom. The molecule has 0 bridgehead atoms. The summed E-state index contributed by atoms with van der Waals surface area (Å²) in [6, 6.07) is 5.99. The molecule has 0 spiro atoms. The van der Waals surface area contributed by atoms with Crippen LogP contribution >= 0.6 is 0 Å². The van der Waals surface area contributed by atoms with E-state index in [4.69, 9.17) is 13.3 Å². The topological polar surface area (TPSA) is 27.7 Å². The van der Waals surface area contributed by atoms with Crippen LogP contribution in [0.25, 0.3) is 0 Å². The predicted octanol–water partition coefficient (Wildman–Crippen LogP) is 3.50. The van der Waals surface area contributed by atoms with Gasteiger partial charge in [0.1, 0.15) is 5.75 Å². The number of methoxy groups -OCH3 is 1. The van der Waals surface area contributed by atoms with Crippen LogP contribution in [0.1, 0.15) is 5.56 Å². The molecular weight excluding hydrogens is 272 g/mol. The zero-order valence-corrected chi connectivity index (χ0v) is 14.7. The van der Waals surface area contributed by atoms with Crippen molar-refractivity contribution >= 4 is 17.6 Å². The molecule has 0 radical (unpaired) electrons. The fourth-order valence-electron chi connectivity index (χ4n) is 1.95. The summed E-state index contributed by atoms with van der Waals surface area (Å²) in [6.45, 7) is 12.2. The van der Waals surface area contributed by atoms with Crippen LogP contribution in [0.15, 0.2) is 30.9 Å². The van der Waals surface area contributed by atoms with Crippen LogP contribution in [0.3, 0.4) is 0 Å². The molecule has 1 aromatic carbocycles. The number of hydrogen-bond acceptors (Lipinski definition) is 3. The first-order chi connectivity index (χ1) is 8.88. The van der Waals surface area contributed by atoms with Crippen molar-refractivity contribution < 1.29 is 13.3 Å². The third-order valence-corrected chi connectivity index (χ3v) is 7.35. The Balaban J connectivity index is 2.91. The number of allylic oxidation sites excluding steroid dienone is 1. The van der Waals surface area contributed by atoms with E-state index in [0.717, 1.165) is 23.5 Å². The molecule has 0 saturated heterocycles. The minimum atomic E-state index is -2.13. The smallest absolute Gasteiger partial charge is 0.382 e. The molecule has 5 heteroatoms. The number of hydrogen-bond donors (Lipinski definition) is 0. The summed E-state index contributed by atoms with van der Waals surface area (Å²) in [5, 5.41) is 0. The van der Waals surface area contributed by atoms with Crippen LogP contribution in [0.4, 0.5) is 0 Å². The van der Waals surface area contributed by atoms with Crippen molar-refractivity contribution in [2.24, 2.45) is 0 Å². The number of ether oxygens (including phenoxy) is 1. The quantitative estimate of drug-likeness (QED) is 0.569. The van der Waals surface area contributed by atoms with Gasteiger partial charge in [-0.25, -0.2) is 0 Å².